The van der Waals surface area contributed by atoms with Crippen molar-refractivity contribution in [1.82, 2.24) is 24.8 Å². The van der Waals surface area contributed by atoms with Crippen LogP contribution in [0.25, 0.3) is 33.7 Å². The fraction of sp³-hybridized carbons (Fsp3) is 0.138. The summed E-state index contributed by atoms with van der Waals surface area (Å²) in [4.78, 5) is 21.7. The third-order valence-electron chi connectivity index (χ3n) is 6.20. The van der Waals surface area contributed by atoms with E-state index in [1.807, 2.05) is 73.7 Å². The number of ether oxygens (including phenoxy) is 1. The van der Waals surface area contributed by atoms with Gasteiger partial charge in [-0.15, -0.1) is 0 Å². The number of benzene rings is 3. The van der Waals surface area contributed by atoms with Crippen LogP contribution < -0.4 is 10.3 Å². The lowest BCUT2D eigenvalue weighted by Gasteiger charge is -2.14. The summed E-state index contributed by atoms with van der Waals surface area (Å²) >= 11 is 0. The molecule has 38 heavy (non-hydrogen) atoms. The molecule has 6 rings (SSSR count). The molecule has 0 bridgehead atoms. The summed E-state index contributed by atoms with van der Waals surface area (Å²) < 4.78 is 18.2. The van der Waals surface area contributed by atoms with Crippen LogP contribution in [-0.4, -0.2) is 24.8 Å². The lowest BCUT2D eigenvalue weighted by Crippen LogP contribution is -2.21. The van der Waals surface area contributed by atoms with Crippen LogP contribution in [0.4, 0.5) is 0 Å². The van der Waals surface area contributed by atoms with Gasteiger partial charge in [0.15, 0.2) is 0 Å². The number of aromatic nitrogens is 5. The van der Waals surface area contributed by atoms with Crippen molar-refractivity contribution in [1.29, 1.82) is 0 Å². The van der Waals surface area contributed by atoms with Crippen LogP contribution in [0, 0.1) is 20.8 Å². The van der Waals surface area contributed by atoms with Crippen molar-refractivity contribution in [2.75, 3.05) is 0 Å². The topological polar surface area (TPSA) is 109 Å². The minimum absolute atomic E-state index is 0.0950. The lowest BCUT2D eigenvalue weighted by atomic mass is 10.1. The molecule has 9 heteroatoms. The van der Waals surface area contributed by atoms with Gasteiger partial charge in [0, 0.05) is 42.5 Å². The fourth-order valence-electron chi connectivity index (χ4n) is 4.41. The van der Waals surface area contributed by atoms with E-state index in [9.17, 15) is 4.79 Å². The Bertz CT molecular complexity index is 1850. The van der Waals surface area contributed by atoms with E-state index in [0.717, 1.165) is 33.2 Å². The molecule has 0 saturated carbocycles. The quantitative estimate of drug-likeness (QED) is 0.277. The van der Waals surface area contributed by atoms with Gasteiger partial charge in [-0.05, 0) is 48.4 Å². The molecule has 188 valence electrons. The van der Waals surface area contributed by atoms with E-state index in [4.69, 9.17) is 13.8 Å². The first-order valence-electron chi connectivity index (χ1n) is 12.1. The predicted molar refractivity (Wildman–Crippen MR) is 141 cm³/mol. The largest absolute Gasteiger partial charge is 0.457 e. The number of fused-ring (bicyclic) bond motifs is 1. The summed E-state index contributed by atoms with van der Waals surface area (Å²) in [6.07, 6.45) is 0. The molecule has 3 heterocycles. The first-order chi connectivity index (χ1) is 18.4. The monoisotopic (exact) mass is 505 g/mol. The SMILES string of the molecule is Cc1nc(-c2cccc(Cn3c(=O)cc(C)c4ccc(Oc5cccc(-c6noc(C)n6)c5)cc43)c2)no1. The molecule has 0 aliphatic heterocycles. The highest BCUT2D eigenvalue weighted by atomic mass is 16.5. The highest BCUT2D eigenvalue weighted by Crippen LogP contribution is 2.29. The smallest absolute Gasteiger partial charge is 0.251 e. The maximum Gasteiger partial charge on any atom is 0.251 e. The highest BCUT2D eigenvalue weighted by Gasteiger charge is 2.12. The van der Waals surface area contributed by atoms with Gasteiger partial charge in [0.1, 0.15) is 11.5 Å². The van der Waals surface area contributed by atoms with Gasteiger partial charge >= 0.3 is 0 Å². The van der Waals surface area contributed by atoms with Crippen LogP contribution in [0.15, 0.2) is 86.6 Å². The van der Waals surface area contributed by atoms with Crippen molar-refractivity contribution in [3.05, 3.63) is 106 Å². The van der Waals surface area contributed by atoms with Gasteiger partial charge < -0.3 is 18.4 Å². The van der Waals surface area contributed by atoms with E-state index >= 15 is 0 Å². The molecule has 0 atom stereocenters. The summed E-state index contributed by atoms with van der Waals surface area (Å²) in [7, 11) is 0. The van der Waals surface area contributed by atoms with E-state index in [0.29, 0.717) is 41.5 Å². The standard InChI is InChI=1S/C29H23N5O4/c1-17-12-27(35)34(16-20-6-4-7-21(13-20)28-30-18(2)37-32-28)26-15-24(10-11-25(17)26)36-23-9-5-8-22(14-23)29-31-19(3)38-33-29/h4-15H,16H2,1-3H3. The Morgan fingerprint density at radius 1 is 0.763 bits per heavy atom. The zero-order valence-electron chi connectivity index (χ0n) is 21.0. The average Bonchev–Trinajstić information content (AvgIpc) is 3.55. The van der Waals surface area contributed by atoms with Gasteiger partial charge in [-0.2, -0.15) is 9.97 Å². The maximum atomic E-state index is 13.1. The predicted octanol–water partition coefficient (Wildman–Crippen LogP) is 5.87. The molecular formula is C29H23N5O4. The molecule has 3 aromatic heterocycles. The van der Waals surface area contributed by atoms with Gasteiger partial charge in [0.25, 0.3) is 5.56 Å². The first-order valence-corrected chi connectivity index (χ1v) is 12.1. The Morgan fingerprint density at radius 3 is 2.11 bits per heavy atom. The highest BCUT2D eigenvalue weighted by molar-refractivity contribution is 5.84. The third kappa shape index (κ3) is 4.57. The molecule has 0 radical (unpaired) electrons. The number of nitrogens with zero attached hydrogens (tertiary/aromatic N) is 5. The van der Waals surface area contributed by atoms with Crippen molar-refractivity contribution < 1.29 is 13.8 Å². The number of rotatable bonds is 6. The van der Waals surface area contributed by atoms with E-state index in [2.05, 4.69) is 20.3 Å². The van der Waals surface area contributed by atoms with Crippen molar-refractivity contribution in [3.63, 3.8) is 0 Å². The Morgan fingerprint density at radius 2 is 1.42 bits per heavy atom. The van der Waals surface area contributed by atoms with E-state index < -0.39 is 0 Å². The molecule has 3 aromatic carbocycles. The number of hydrogen-bond donors (Lipinski definition) is 0. The lowest BCUT2D eigenvalue weighted by molar-refractivity contribution is 0.394. The molecule has 0 N–H and O–H groups in total. The van der Waals surface area contributed by atoms with E-state index in [1.54, 1.807) is 24.5 Å². The van der Waals surface area contributed by atoms with Gasteiger partial charge in [-0.25, -0.2) is 0 Å². The zero-order chi connectivity index (χ0) is 26.2. The molecular weight excluding hydrogens is 482 g/mol. The molecule has 0 amide bonds. The number of pyridine rings is 1. The van der Waals surface area contributed by atoms with Crippen LogP contribution in [0.5, 0.6) is 11.5 Å². The number of hydrogen-bond acceptors (Lipinski definition) is 8. The molecule has 0 spiro atoms. The molecule has 0 aliphatic rings. The molecule has 0 aliphatic carbocycles. The summed E-state index contributed by atoms with van der Waals surface area (Å²) in [5.41, 5.74) is 4.12. The molecule has 9 nitrogen and oxygen atoms in total. The van der Waals surface area contributed by atoms with Crippen molar-refractivity contribution in [2.24, 2.45) is 0 Å². The summed E-state index contributed by atoms with van der Waals surface area (Å²) in [6.45, 7) is 5.80. The summed E-state index contributed by atoms with van der Waals surface area (Å²) in [5.74, 6) is 3.22. The van der Waals surface area contributed by atoms with Gasteiger partial charge in [0.05, 0.1) is 12.1 Å². The molecule has 6 aromatic rings. The van der Waals surface area contributed by atoms with Crippen molar-refractivity contribution in [3.8, 4) is 34.3 Å². The normalized spacial score (nSPS) is 11.2. The van der Waals surface area contributed by atoms with Crippen LogP contribution in [0.3, 0.4) is 0 Å². The second-order valence-corrected chi connectivity index (χ2v) is 9.03. The average molecular weight is 506 g/mol. The number of aryl methyl sites for hydroxylation is 3. The van der Waals surface area contributed by atoms with Gasteiger partial charge in [-0.1, -0.05) is 40.6 Å². The first kappa shape index (κ1) is 23.4. The zero-order valence-corrected chi connectivity index (χ0v) is 21.0. The Hall–Kier alpha value is -5.05. The van der Waals surface area contributed by atoms with Gasteiger partial charge in [0.2, 0.25) is 23.4 Å². The Balaban J connectivity index is 1.36. The van der Waals surface area contributed by atoms with Crippen LogP contribution in [-0.2, 0) is 6.54 Å². The van der Waals surface area contributed by atoms with Gasteiger partial charge in [-0.3, -0.25) is 4.79 Å². The molecule has 0 fully saturated rings. The molecule has 0 unspecified atom stereocenters. The molecule has 0 saturated heterocycles. The minimum Gasteiger partial charge on any atom is -0.457 e. The van der Waals surface area contributed by atoms with Crippen molar-refractivity contribution >= 4 is 10.9 Å². The fourth-order valence-corrected chi connectivity index (χ4v) is 4.41. The minimum atomic E-state index is -0.0950. The summed E-state index contributed by atoms with van der Waals surface area (Å²) in [5, 5.41) is 8.96. The maximum absolute atomic E-state index is 13.1. The van der Waals surface area contributed by atoms with Crippen molar-refractivity contribution in [2.45, 2.75) is 27.3 Å². The summed E-state index contributed by atoms with van der Waals surface area (Å²) in [6, 6.07) is 22.7. The van der Waals surface area contributed by atoms with Crippen LogP contribution in [0.1, 0.15) is 22.9 Å². The van der Waals surface area contributed by atoms with E-state index in [-0.39, 0.29) is 5.56 Å². The third-order valence-corrected chi connectivity index (χ3v) is 6.20. The second kappa shape index (κ2) is 9.44. The Labute approximate surface area is 217 Å². The van der Waals surface area contributed by atoms with E-state index in [1.165, 1.54) is 0 Å². The van der Waals surface area contributed by atoms with Crippen LogP contribution >= 0.6 is 0 Å². The second-order valence-electron chi connectivity index (χ2n) is 9.03. The van der Waals surface area contributed by atoms with Crippen LogP contribution in [0.2, 0.25) is 0 Å². The Kier molecular flexibility index (Phi) is 5.80.